The van der Waals surface area contributed by atoms with E-state index in [0.29, 0.717) is 21.7 Å². The molecule has 36 heavy (non-hydrogen) atoms. The maximum Gasteiger partial charge on any atom is 0.254 e. The summed E-state index contributed by atoms with van der Waals surface area (Å²) in [6.07, 6.45) is 2.00. The van der Waals surface area contributed by atoms with E-state index in [0.717, 1.165) is 40.4 Å². The van der Waals surface area contributed by atoms with Gasteiger partial charge in [0, 0.05) is 38.7 Å². The van der Waals surface area contributed by atoms with Crippen molar-refractivity contribution >= 4 is 36.4 Å². The Bertz CT molecular complexity index is 1630. The summed E-state index contributed by atoms with van der Waals surface area (Å²) in [6, 6.07) is 20.9. The van der Waals surface area contributed by atoms with E-state index in [2.05, 4.69) is 37.2 Å². The summed E-state index contributed by atoms with van der Waals surface area (Å²) >= 11 is 6.02. The number of carbonyl (C=O) groups is 1. The molecule has 1 aliphatic rings. The van der Waals surface area contributed by atoms with Gasteiger partial charge < -0.3 is 4.57 Å². The minimum absolute atomic E-state index is 0.0374. The Balaban J connectivity index is 1.73. The van der Waals surface area contributed by atoms with E-state index in [-0.39, 0.29) is 17.4 Å². The summed E-state index contributed by atoms with van der Waals surface area (Å²) in [5.74, 6) is 3.26. The molecule has 0 spiro atoms. The largest absolute Gasteiger partial charge is 0.305 e. The summed E-state index contributed by atoms with van der Waals surface area (Å²) in [4.78, 5) is 26.9. The average molecular weight is 510 g/mol. The molecule has 0 aliphatic heterocycles. The standard InChI is InChI=1S/C31H28ClNO2Si/c1-20-29(23-7-5-6-21(18-23)16-17-36(2,3)4)27-19-24(30(34)22-8-11-25(32)12-9-22)10-15-28(27)33(31(20)35)26-13-14-26/h5-12,15,18-19,26H,13-14H2,1-4H3. The summed E-state index contributed by atoms with van der Waals surface area (Å²) < 4.78 is 1.92. The molecule has 1 aromatic heterocycles. The molecule has 1 fully saturated rings. The number of hydrogen-bond acceptors (Lipinski definition) is 2. The number of ketones is 1. The lowest BCUT2D eigenvalue weighted by atomic mass is 9.93. The lowest BCUT2D eigenvalue weighted by Gasteiger charge is -2.17. The molecule has 0 radical (unpaired) electrons. The van der Waals surface area contributed by atoms with Crippen molar-refractivity contribution in [1.29, 1.82) is 0 Å². The molecule has 0 amide bonds. The number of nitrogens with zero attached hydrogens (tertiary/aromatic N) is 1. The molecule has 1 aliphatic carbocycles. The van der Waals surface area contributed by atoms with E-state index >= 15 is 0 Å². The number of aromatic nitrogens is 1. The Morgan fingerprint density at radius 3 is 2.33 bits per heavy atom. The van der Waals surface area contributed by atoms with Gasteiger partial charge in [-0.1, -0.05) is 49.3 Å². The highest BCUT2D eigenvalue weighted by molar-refractivity contribution is 6.83. The monoisotopic (exact) mass is 509 g/mol. The molecule has 0 N–H and O–H groups in total. The third-order valence-electron chi connectivity index (χ3n) is 6.45. The summed E-state index contributed by atoms with van der Waals surface area (Å²) in [7, 11) is -1.53. The molecule has 5 heteroatoms. The zero-order valence-corrected chi connectivity index (χ0v) is 22.7. The summed E-state index contributed by atoms with van der Waals surface area (Å²) in [6.45, 7) is 8.55. The molecule has 5 rings (SSSR count). The number of rotatable bonds is 4. The fraction of sp³-hybridized carbons (Fsp3) is 0.226. The predicted octanol–water partition coefficient (Wildman–Crippen LogP) is 7.43. The predicted molar refractivity (Wildman–Crippen MR) is 152 cm³/mol. The third-order valence-corrected chi connectivity index (χ3v) is 7.58. The highest BCUT2D eigenvalue weighted by Crippen LogP contribution is 2.39. The molecular weight excluding hydrogens is 482 g/mol. The van der Waals surface area contributed by atoms with Crippen molar-refractivity contribution in [2.75, 3.05) is 0 Å². The van der Waals surface area contributed by atoms with Gasteiger partial charge in [0.25, 0.3) is 5.56 Å². The topological polar surface area (TPSA) is 39.1 Å². The van der Waals surface area contributed by atoms with Crippen LogP contribution >= 0.6 is 11.6 Å². The van der Waals surface area contributed by atoms with E-state index in [1.54, 1.807) is 24.3 Å². The number of fused-ring (bicyclic) bond motifs is 1. The maximum atomic E-state index is 13.5. The van der Waals surface area contributed by atoms with Crippen LogP contribution in [0.1, 0.15) is 45.9 Å². The van der Waals surface area contributed by atoms with Gasteiger partial charge in [0.1, 0.15) is 8.07 Å². The molecule has 0 bridgehead atoms. The van der Waals surface area contributed by atoms with Gasteiger partial charge in [0.05, 0.1) is 5.52 Å². The van der Waals surface area contributed by atoms with Gasteiger partial charge >= 0.3 is 0 Å². The smallest absolute Gasteiger partial charge is 0.254 e. The molecule has 0 atom stereocenters. The van der Waals surface area contributed by atoms with Gasteiger partial charge in [0.15, 0.2) is 5.78 Å². The number of carbonyl (C=O) groups excluding carboxylic acids is 1. The highest BCUT2D eigenvalue weighted by atomic mass is 35.5. The Morgan fingerprint density at radius 1 is 0.972 bits per heavy atom. The van der Waals surface area contributed by atoms with Crippen molar-refractivity contribution in [2.45, 2.75) is 45.4 Å². The van der Waals surface area contributed by atoms with Crippen molar-refractivity contribution < 1.29 is 4.79 Å². The molecular formula is C31H28ClNO2Si. The second-order valence-electron chi connectivity index (χ2n) is 10.6. The van der Waals surface area contributed by atoms with Crippen molar-refractivity contribution in [2.24, 2.45) is 0 Å². The van der Waals surface area contributed by atoms with Gasteiger partial charge in [-0.05, 0) is 85.5 Å². The SMILES string of the molecule is Cc1c(-c2cccc(C#C[Si](C)(C)C)c2)c2cc(C(=O)c3ccc(Cl)cc3)ccc2n(C2CC2)c1=O. The van der Waals surface area contributed by atoms with Crippen LogP contribution in [0.3, 0.4) is 0 Å². The fourth-order valence-corrected chi connectivity index (χ4v) is 5.18. The molecule has 1 saturated carbocycles. The first-order valence-corrected chi connectivity index (χ1v) is 16.1. The Hall–Kier alpha value is -3.39. The molecule has 0 saturated heterocycles. The first-order chi connectivity index (χ1) is 17.1. The number of halogens is 1. The normalized spacial score (nSPS) is 13.4. The van der Waals surface area contributed by atoms with Crippen molar-refractivity contribution in [1.82, 2.24) is 4.57 Å². The van der Waals surface area contributed by atoms with E-state index in [9.17, 15) is 9.59 Å². The second kappa shape index (κ2) is 9.24. The Morgan fingerprint density at radius 2 is 1.67 bits per heavy atom. The molecule has 3 aromatic carbocycles. The van der Waals surface area contributed by atoms with Crippen LogP contribution in [0.15, 0.2) is 71.5 Å². The average Bonchev–Trinajstić information content (AvgIpc) is 3.68. The van der Waals surface area contributed by atoms with Gasteiger partial charge in [-0.3, -0.25) is 9.59 Å². The lowest BCUT2D eigenvalue weighted by Crippen LogP contribution is -2.23. The molecule has 4 aromatic rings. The first-order valence-electron chi connectivity index (χ1n) is 12.2. The lowest BCUT2D eigenvalue weighted by molar-refractivity contribution is 0.103. The Kier molecular flexibility index (Phi) is 6.24. The van der Waals surface area contributed by atoms with Crippen LogP contribution in [-0.4, -0.2) is 18.4 Å². The summed E-state index contributed by atoms with van der Waals surface area (Å²) in [5, 5.41) is 1.50. The zero-order chi connectivity index (χ0) is 25.6. The van der Waals surface area contributed by atoms with Crippen LogP contribution in [0.4, 0.5) is 0 Å². The number of pyridine rings is 1. The highest BCUT2D eigenvalue weighted by Gasteiger charge is 2.28. The van der Waals surface area contributed by atoms with Gasteiger partial charge in [-0.2, -0.15) is 0 Å². The van der Waals surface area contributed by atoms with Gasteiger partial charge in [0.2, 0.25) is 0 Å². The van der Waals surface area contributed by atoms with Crippen molar-refractivity contribution in [3.63, 3.8) is 0 Å². The quantitative estimate of drug-likeness (QED) is 0.163. The van der Waals surface area contributed by atoms with Crippen LogP contribution in [-0.2, 0) is 0 Å². The van der Waals surface area contributed by atoms with Crippen LogP contribution in [0.2, 0.25) is 24.7 Å². The molecule has 180 valence electrons. The van der Waals surface area contributed by atoms with Crippen molar-refractivity contribution in [3.8, 4) is 22.6 Å². The first kappa shape index (κ1) is 24.3. The number of benzene rings is 3. The Labute approximate surface area is 217 Å². The van der Waals surface area contributed by atoms with E-state index in [1.807, 2.05) is 47.9 Å². The molecule has 0 unspecified atom stereocenters. The molecule has 3 nitrogen and oxygen atoms in total. The van der Waals surface area contributed by atoms with Crippen LogP contribution in [0.5, 0.6) is 0 Å². The van der Waals surface area contributed by atoms with Crippen LogP contribution in [0, 0.1) is 18.4 Å². The van der Waals surface area contributed by atoms with Crippen LogP contribution in [0.25, 0.3) is 22.0 Å². The van der Waals surface area contributed by atoms with E-state index in [4.69, 9.17) is 11.6 Å². The maximum absolute atomic E-state index is 13.5. The minimum atomic E-state index is -1.53. The van der Waals surface area contributed by atoms with E-state index < -0.39 is 8.07 Å². The minimum Gasteiger partial charge on any atom is -0.305 e. The third kappa shape index (κ3) is 4.82. The second-order valence-corrected chi connectivity index (χ2v) is 15.7. The molecule has 1 heterocycles. The number of hydrogen-bond donors (Lipinski definition) is 0. The van der Waals surface area contributed by atoms with Crippen molar-refractivity contribution in [3.05, 3.63) is 104 Å². The fourth-order valence-electron chi connectivity index (χ4n) is 4.53. The van der Waals surface area contributed by atoms with Gasteiger partial charge in [-0.15, -0.1) is 5.54 Å². The zero-order valence-electron chi connectivity index (χ0n) is 21.0. The van der Waals surface area contributed by atoms with Crippen LogP contribution < -0.4 is 5.56 Å². The van der Waals surface area contributed by atoms with E-state index in [1.165, 1.54) is 0 Å². The van der Waals surface area contributed by atoms with Gasteiger partial charge in [-0.25, -0.2) is 0 Å². The summed E-state index contributed by atoms with van der Waals surface area (Å²) in [5.41, 5.74) is 8.94.